The number of anilines is 4. The first-order valence-corrected chi connectivity index (χ1v) is 12.9. The van der Waals surface area contributed by atoms with E-state index < -0.39 is 18.4 Å². The first kappa shape index (κ1) is 27.2. The van der Waals surface area contributed by atoms with E-state index in [1.807, 2.05) is 19.1 Å². The maximum absolute atomic E-state index is 13.7. The molecule has 5 rings (SSSR count). The highest BCUT2D eigenvalue weighted by Crippen LogP contribution is 2.27. The lowest BCUT2D eigenvalue weighted by molar-refractivity contribution is 0.0336. The van der Waals surface area contributed by atoms with Crippen LogP contribution in [0.15, 0.2) is 54.9 Å². The van der Waals surface area contributed by atoms with Crippen molar-refractivity contribution in [3.8, 4) is 5.82 Å². The Labute approximate surface area is 230 Å². The lowest BCUT2D eigenvalue weighted by atomic mass is 10.1. The Morgan fingerprint density at radius 3 is 2.67 bits per heavy atom. The van der Waals surface area contributed by atoms with Gasteiger partial charge in [-0.05, 0) is 42.8 Å². The van der Waals surface area contributed by atoms with Crippen molar-refractivity contribution in [3.05, 3.63) is 83.1 Å². The highest BCUT2D eigenvalue weighted by atomic mass is 19.1. The highest BCUT2D eigenvalue weighted by molar-refractivity contribution is 6.04. The number of aryl methyl sites for hydroxylation is 1. The first-order valence-electron chi connectivity index (χ1n) is 12.9. The van der Waals surface area contributed by atoms with Gasteiger partial charge in [0.05, 0.1) is 18.9 Å². The molecule has 12 heteroatoms. The van der Waals surface area contributed by atoms with E-state index >= 15 is 0 Å². The van der Waals surface area contributed by atoms with E-state index in [-0.39, 0.29) is 11.1 Å². The number of nitrogens with zero attached hydrogens (tertiary/aromatic N) is 5. The standard InChI is InChI=1S/C28H30F2N8O2/c1-18-3-5-21(34-28(39)19-4-6-23(30)20(11-19)15-29)12-24(18)35-27-13-22(16-37-7-9-40-10-8-37)36-38(27)26-14-25(31-2)32-17-33-26/h3-6,11-14,17,35H,7-10,15-16H2,1-2H3,(H,34,39)(H,31,32,33). The van der Waals surface area contributed by atoms with Gasteiger partial charge in [-0.15, -0.1) is 0 Å². The molecule has 2 aromatic heterocycles. The smallest absolute Gasteiger partial charge is 0.255 e. The van der Waals surface area contributed by atoms with Crippen LogP contribution in [0.2, 0.25) is 0 Å². The van der Waals surface area contributed by atoms with Crippen LogP contribution in [0.3, 0.4) is 0 Å². The summed E-state index contributed by atoms with van der Waals surface area (Å²) in [5.41, 5.74) is 3.05. The molecule has 1 saturated heterocycles. The Balaban J connectivity index is 1.42. The second-order valence-electron chi connectivity index (χ2n) is 9.38. The number of carbonyl (C=O) groups excluding carboxylic acids is 1. The summed E-state index contributed by atoms with van der Waals surface area (Å²) >= 11 is 0. The summed E-state index contributed by atoms with van der Waals surface area (Å²) in [5, 5.41) is 14.1. The van der Waals surface area contributed by atoms with Gasteiger partial charge in [-0.2, -0.15) is 9.78 Å². The van der Waals surface area contributed by atoms with Gasteiger partial charge in [0.1, 0.15) is 30.5 Å². The van der Waals surface area contributed by atoms with Crippen molar-refractivity contribution in [1.29, 1.82) is 0 Å². The number of hydrogen-bond donors (Lipinski definition) is 3. The lowest BCUT2D eigenvalue weighted by Gasteiger charge is -2.25. The number of ether oxygens (including phenoxy) is 1. The van der Waals surface area contributed by atoms with Gasteiger partial charge in [0.25, 0.3) is 5.91 Å². The van der Waals surface area contributed by atoms with Gasteiger partial charge in [-0.25, -0.2) is 18.7 Å². The summed E-state index contributed by atoms with van der Waals surface area (Å²) in [5.74, 6) is 0.761. The van der Waals surface area contributed by atoms with Gasteiger partial charge >= 0.3 is 0 Å². The van der Waals surface area contributed by atoms with Gasteiger partial charge < -0.3 is 20.7 Å². The number of rotatable bonds is 9. The number of amides is 1. The molecule has 1 amide bonds. The molecule has 0 bridgehead atoms. The van der Waals surface area contributed by atoms with Crippen LogP contribution in [-0.2, 0) is 18.0 Å². The van der Waals surface area contributed by atoms with Crippen LogP contribution in [0.1, 0.15) is 27.2 Å². The summed E-state index contributed by atoms with van der Waals surface area (Å²) in [7, 11) is 1.78. The number of benzene rings is 2. The van der Waals surface area contributed by atoms with E-state index in [2.05, 4.69) is 30.8 Å². The van der Waals surface area contributed by atoms with Gasteiger partial charge in [0, 0.05) is 61.3 Å². The molecule has 4 aromatic rings. The number of halogens is 2. The molecule has 1 fully saturated rings. The number of hydrogen-bond acceptors (Lipinski definition) is 8. The Bertz CT molecular complexity index is 1500. The van der Waals surface area contributed by atoms with E-state index in [1.54, 1.807) is 29.9 Å². The number of morpholine rings is 1. The second kappa shape index (κ2) is 12.2. The zero-order valence-electron chi connectivity index (χ0n) is 22.2. The van der Waals surface area contributed by atoms with Crippen molar-refractivity contribution in [2.24, 2.45) is 0 Å². The summed E-state index contributed by atoms with van der Waals surface area (Å²) < 4.78 is 34.0. The van der Waals surface area contributed by atoms with Crippen molar-refractivity contribution in [2.45, 2.75) is 20.1 Å². The topological polar surface area (TPSA) is 109 Å². The zero-order chi connectivity index (χ0) is 28.1. The van der Waals surface area contributed by atoms with Gasteiger partial charge in [-0.3, -0.25) is 9.69 Å². The zero-order valence-corrected chi connectivity index (χ0v) is 22.2. The molecule has 0 atom stereocenters. The van der Waals surface area contributed by atoms with Crippen LogP contribution in [0.25, 0.3) is 5.82 Å². The maximum atomic E-state index is 13.7. The molecule has 3 N–H and O–H groups in total. The van der Waals surface area contributed by atoms with E-state index in [1.165, 1.54) is 18.5 Å². The van der Waals surface area contributed by atoms with Crippen molar-refractivity contribution >= 4 is 28.9 Å². The molecule has 0 saturated carbocycles. The van der Waals surface area contributed by atoms with Crippen LogP contribution in [0.4, 0.5) is 31.8 Å². The number of alkyl halides is 1. The maximum Gasteiger partial charge on any atom is 0.255 e. The Hall–Kier alpha value is -4.42. The molecule has 40 heavy (non-hydrogen) atoms. The van der Waals surface area contributed by atoms with Crippen molar-refractivity contribution in [1.82, 2.24) is 24.6 Å². The van der Waals surface area contributed by atoms with Crippen LogP contribution in [0.5, 0.6) is 0 Å². The molecule has 3 heterocycles. The summed E-state index contributed by atoms with van der Waals surface area (Å²) in [6, 6.07) is 12.8. The molecule has 0 unspecified atom stereocenters. The molecule has 2 aromatic carbocycles. The molecule has 1 aliphatic heterocycles. The average molecular weight is 549 g/mol. The van der Waals surface area contributed by atoms with E-state index in [4.69, 9.17) is 9.84 Å². The fourth-order valence-corrected chi connectivity index (χ4v) is 4.35. The summed E-state index contributed by atoms with van der Waals surface area (Å²) in [4.78, 5) is 23.7. The first-order chi connectivity index (χ1) is 19.4. The molecule has 0 aliphatic carbocycles. The minimum absolute atomic E-state index is 0.161. The molecular weight excluding hydrogens is 518 g/mol. The van der Waals surface area contributed by atoms with Gasteiger partial charge in [0.15, 0.2) is 5.82 Å². The predicted molar refractivity (Wildman–Crippen MR) is 148 cm³/mol. The molecule has 1 aliphatic rings. The molecule has 0 radical (unpaired) electrons. The van der Waals surface area contributed by atoms with Crippen molar-refractivity contribution < 1.29 is 18.3 Å². The predicted octanol–water partition coefficient (Wildman–Crippen LogP) is 4.45. The normalized spacial score (nSPS) is 13.7. The van der Waals surface area contributed by atoms with Crippen LogP contribution >= 0.6 is 0 Å². The molecule has 208 valence electrons. The lowest BCUT2D eigenvalue weighted by Crippen LogP contribution is -2.35. The second-order valence-corrected chi connectivity index (χ2v) is 9.38. The highest BCUT2D eigenvalue weighted by Gasteiger charge is 2.18. The quantitative estimate of drug-likeness (QED) is 0.282. The van der Waals surface area contributed by atoms with Gasteiger partial charge in [-0.1, -0.05) is 6.07 Å². The largest absolute Gasteiger partial charge is 0.379 e. The Morgan fingerprint density at radius 1 is 1.07 bits per heavy atom. The monoisotopic (exact) mass is 548 g/mol. The number of carbonyl (C=O) groups is 1. The Kier molecular flexibility index (Phi) is 8.27. The SMILES string of the molecule is CNc1cc(-n2nc(CN3CCOCC3)cc2Nc2cc(NC(=O)c3ccc(F)c(CF)c3)ccc2C)ncn1. The molecule has 0 spiro atoms. The fraction of sp³-hybridized carbons (Fsp3) is 0.286. The third-order valence-electron chi connectivity index (χ3n) is 6.59. The molecular formula is C28H30F2N8O2. The number of nitrogens with one attached hydrogen (secondary N) is 3. The summed E-state index contributed by atoms with van der Waals surface area (Å²) in [6.07, 6.45) is 1.47. The van der Waals surface area contributed by atoms with E-state index in [0.717, 1.165) is 36.1 Å². The Morgan fingerprint density at radius 2 is 1.90 bits per heavy atom. The van der Waals surface area contributed by atoms with E-state index in [9.17, 15) is 13.6 Å². The minimum Gasteiger partial charge on any atom is -0.379 e. The third-order valence-corrected chi connectivity index (χ3v) is 6.59. The fourth-order valence-electron chi connectivity index (χ4n) is 4.35. The third kappa shape index (κ3) is 6.24. The van der Waals surface area contributed by atoms with Crippen molar-refractivity contribution in [3.63, 3.8) is 0 Å². The van der Waals surface area contributed by atoms with Crippen LogP contribution < -0.4 is 16.0 Å². The van der Waals surface area contributed by atoms with E-state index in [0.29, 0.717) is 42.9 Å². The average Bonchev–Trinajstić information content (AvgIpc) is 3.37. The van der Waals surface area contributed by atoms with Crippen LogP contribution in [0, 0.1) is 12.7 Å². The molecule has 10 nitrogen and oxygen atoms in total. The van der Waals surface area contributed by atoms with Crippen molar-refractivity contribution in [2.75, 3.05) is 49.3 Å². The van der Waals surface area contributed by atoms with Crippen LogP contribution in [-0.4, -0.2) is 63.9 Å². The minimum atomic E-state index is -0.991. The number of aromatic nitrogens is 4. The summed E-state index contributed by atoms with van der Waals surface area (Å²) in [6.45, 7) is 4.64. The van der Waals surface area contributed by atoms with Gasteiger partial charge in [0.2, 0.25) is 0 Å².